The Hall–Kier alpha value is -2.95. The lowest BCUT2D eigenvalue weighted by Gasteiger charge is -2.18. The Morgan fingerprint density at radius 2 is 2.00 bits per heavy atom. The monoisotopic (exact) mass is 406 g/mol. The van der Waals surface area contributed by atoms with Crippen LogP contribution < -0.4 is 14.8 Å². The molecule has 2 heterocycles. The van der Waals surface area contributed by atoms with Gasteiger partial charge >= 0.3 is 0 Å². The molecule has 2 aromatic carbocycles. The molecule has 158 valence electrons. The summed E-state index contributed by atoms with van der Waals surface area (Å²) in [7, 11) is 0. The number of carbonyl (C=O) groups is 1. The van der Waals surface area contributed by atoms with E-state index in [0.29, 0.717) is 18.9 Å². The fraction of sp³-hybridized carbons (Fsp3) is 0.400. The fourth-order valence-corrected chi connectivity index (χ4v) is 4.12. The molecule has 2 N–H and O–H groups in total. The number of benzene rings is 2. The van der Waals surface area contributed by atoms with Crippen molar-refractivity contribution in [2.24, 2.45) is 5.92 Å². The van der Waals surface area contributed by atoms with Gasteiger partial charge in [0.2, 0.25) is 12.7 Å². The molecule has 0 bridgehead atoms. The Bertz CT molecular complexity index is 1040. The van der Waals surface area contributed by atoms with Crippen LogP contribution in [-0.4, -0.2) is 24.2 Å². The number of H-pyrrole nitrogens is 1. The summed E-state index contributed by atoms with van der Waals surface area (Å²) in [6.07, 6.45) is 4.39. The first kappa shape index (κ1) is 20.3. The van der Waals surface area contributed by atoms with Crippen LogP contribution in [0.3, 0.4) is 0 Å². The minimum Gasteiger partial charge on any atom is -0.454 e. The highest BCUT2D eigenvalue weighted by Crippen LogP contribution is 2.39. The third kappa shape index (κ3) is 4.16. The quantitative estimate of drug-likeness (QED) is 0.544. The third-order valence-electron chi connectivity index (χ3n) is 5.82. The lowest BCUT2D eigenvalue weighted by molar-refractivity contribution is -0.121. The zero-order valence-corrected chi connectivity index (χ0v) is 18.0. The SMILES string of the molecule is CCc1cccc2c([C@H](CC(=O)NCCC(C)C)c3ccc4c(c3)OCO4)c[nH]c12. The molecule has 1 aromatic heterocycles. The molecule has 0 unspecified atom stereocenters. The van der Waals surface area contributed by atoms with E-state index in [1.165, 1.54) is 10.9 Å². The van der Waals surface area contributed by atoms with Gasteiger partial charge in [0.15, 0.2) is 11.5 Å². The van der Waals surface area contributed by atoms with E-state index >= 15 is 0 Å². The fourth-order valence-electron chi connectivity index (χ4n) is 4.12. The Morgan fingerprint density at radius 1 is 1.17 bits per heavy atom. The van der Waals surface area contributed by atoms with Crippen LogP contribution in [0.25, 0.3) is 10.9 Å². The van der Waals surface area contributed by atoms with Gasteiger partial charge < -0.3 is 19.8 Å². The van der Waals surface area contributed by atoms with Crippen LogP contribution in [0.2, 0.25) is 0 Å². The summed E-state index contributed by atoms with van der Waals surface area (Å²) >= 11 is 0. The van der Waals surface area contributed by atoms with Gasteiger partial charge in [0.05, 0.1) is 0 Å². The largest absolute Gasteiger partial charge is 0.454 e. The number of rotatable bonds is 8. The number of nitrogens with one attached hydrogen (secondary N) is 2. The maximum Gasteiger partial charge on any atom is 0.231 e. The second-order valence-corrected chi connectivity index (χ2v) is 8.34. The summed E-state index contributed by atoms with van der Waals surface area (Å²) in [6, 6.07) is 12.4. The van der Waals surface area contributed by atoms with E-state index in [4.69, 9.17) is 9.47 Å². The van der Waals surface area contributed by atoms with E-state index in [2.05, 4.69) is 55.5 Å². The standard InChI is InChI=1S/C25H30N2O3/c1-4-17-6-5-7-19-21(14-27-25(17)19)20(13-24(28)26-11-10-16(2)3)18-8-9-22-23(12-18)30-15-29-22/h5-9,12,14,16,20,27H,4,10-11,13,15H2,1-3H3,(H,26,28)/t20-/m1/s1. The number of fused-ring (bicyclic) bond motifs is 2. The average molecular weight is 407 g/mol. The number of aryl methyl sites for hydroxylation is 1. The number of para-hydroxylation sites is 1. The molecule has 5 nitrogen and oxygen atoms in total. The van der Waals surface area contributed by atoms with Crippen molar-refractivity contribution in [3.63, 3.8) is 0 Å². The van der Waals surface area contributed by atoms with Gasteiger partial charge in [-0.05, 0) is 47.6 Å². The Morgan fingerprint density at radius 3 is 2.80 bits per heavy atom. The highest BCUT2D eigenvalue weighted by molar-refractivity contribution is 5.88. The lowest BCUT2D eigenvalue weighted by atomic mass is 9.87. The smallest absolute Gasteiger partial charge is 0.231 e. The first-order chi connectivity index (χ1) is 14.6. The van der Waals surface area contributed by atoms with Crippen molar-refractivity contribution in [2.45, 2.75) is 46.0 Å². The van der Waals surface area contributed by atoms with Crippen molar-refractivity contribution in [2.75, 3.05) is 13.3 Å². The summed E-state index contributed by atoms with van der Waals surface area (Å²) in [6.45, 7) is 7.44. The molecule has 4 rings (SSSR count). The molecule has 1 amide bonds. The third-order valence-corrected chi connectivity index (χ3v) is 5.82. The van der Waals surface area contributed by atoms with Gasteiger partial charge in [-0.2, -0.15) is 0 Å². The van der Waals surface area contributed by atoms with E-state index in [-0.39, 0.29) is 18.6 Å². The van der Waals surface area contributed by atoms with E-state index in [9.17, 15) is 4.79 Å². The Balaban J connectivity index is 1.68. The van der Waals surface area contributed by atoms with E-state index in [0.717, 1.165) is 41.0 Å². The molecule has 5 heteroatoms. The summed E-state index contributed by atoms with van der Waals surface area (Å²) in [5.74, 6) is 2.06. The summed E-state index contributed by atoms with van der Waals surface area (Å²) < 4.78 is 11.1. The van der Waals surface area contributed by atoms with E-state index < -0.39 is 0 Å². The number of hydrogen-bond donors (Lipinski definition) is 2. The molecular weight excluding hydrogens is 376 g/mol. The first-order valence-corrected chi connectivity index (χ1v) is 10.8. The molecule has 30 heavy (non-hydrogen) atoms. The molecular formula is C25H30N2O3. The second-order valence-electron chi connectivity index (χ2n) is 8.34. The molecule has 1 atom stereocenters. The van der Waals surface area contributed by atoms with Crippen LogP contribution in [0.1, 0.15) is 56.2 Å². The number of ether oxygens (including phenoxy) is 2. The molecule has 3 aromatic rings. The molecule has 0 aliphatic carbocycles. The van der Waals surface area contributed by atoms with Crippen LogP contribution in [0.5, 0.6) is 11.5 Å². The second kappa shape index (κ2) is 8.82. The summed E-state index contributed by atoms with van der Waals surface area (Å²) in [5, 5.41) is 4.27. The number of aromatic nitrogens is 1. The van der Waals surface area contributed by atoms with Gasteiger partial charge in [0.25, 0.3) is 0 Å². The molecule has 0 saturated heterocycles. The molecule has 0 fully saturated rings. The summed E-state index contributed by atoms with van der Waals surface area (Å²) in [5.41, 5.74) is 4.63. The van der Waals surface area contributed by atoms with Crippen molar-refractivity contribution in [1.29, 1.82) is 0 Å². The molecule has 1 aliphatic rings. The van der Waals surface area contributed by atoms with Crippen molar-refractivity contribution in [1.82, 2.24) is 10.3 Å². The van der Waals surface area contributed by atoms with Crippen LogP contribution >= 0.6 is 0 Å². The summed E-state index contributed by atoms with van der Waals surface area (Å²) in [4.78, 5) is 16.3. The van der Waals surface area contributed by atoms with Crippen molar-refractivity contribution in [3.8, 4) is 11.5 Å². The zero-order valence-electron chi connectivity index (χ0n) is 18.0. The predicted octanol–water partition coefficient (Wildman–Crippen LogP) is 5.14. The van der Waals surface area contributed by atoms with Crippen molar-refractivity contribution >= 4 is 16.8 Å². The van der Waals surface area contributed by atoms with Crippen molar-refractivity contribution in [3.05, 3.63) is 59.3 Å². The number of hydrogen-bond acceptors (Lipinski definition) is 3. The van der Waals surface area contributed by atoms with E-state index in [1.54, 1.807) is 0 Å². The van der Waals surface area contributed by atoms with Crippen LogP contribution in [0.15, 0.2) is 42.6 Å². The van der Waals surface area contributed by atoms with E-state index in [1.807, 2.05) is 18.2 Å². The minimum atomic E-state index is -0.0700. The van der Waals surface area contributed by atoms with Gasteiger partial charge in [-0.25, -0.2) is 0 Å². The van der Waals surface area contributed by atoms with Crippen LogP contribution in [0.4, 0.5) is 0 Å². The molecule has 0 spiro atoms. The Kier molecular flexibility index (Phi) is 5.98. The normalized spacial score (nSPS) is 13.7. The van der Waals surface area contributed by atoms with Crippen LogP contribution in [0, 0.1) is 5.92 Å². The van der Waals surface area contributed by atoms with Gasteiger partial charge in [-0.3, -0.25) is 4.79 Å². The van der Waals surface area contributed by atoms with Gasteiger partial charge in [0.1, 0.15) is 0 Å². The van der Waals surface area contributed by atoms with Crippen LogP contribution in [-0.2, 0) is 11.2 Å². The molecule has 0 radical (unpaired) electrons. The highest BCUT2D eigenvalue weighted by atomic mass is 16.7. The predicted molar refractivity (Wildman–Crippen MR) is 119 cm³/mol. The highest BCUT2D eigenvalue weighted by Gasteiger charge is 2.24. The van der Waals surface area contributed by atoms with Gasteiger partial charge in [-0.15, -0.1) is 0 Å². The number of amides is 1. The zero-order chi connectivity index (χ0) is 21.1. The maximum atomic E-state index is 12.8. The maximum absolute atomic E-state index is 12.8. The number of carbonyl (C=O) groups excluding carboxylic acids is 1. The van der Waals surface area contributed by atoms with Crippen molar-refractivity contribution < 1.29 is 14.3 Å². The number of aromatic amines is 1. The first-order valence-electron chi connectivity index (χ1n) is 10.8. The average Bonchev–Trinajstić information content (AvgIpc) is 3.38. The van der Waals surface area contributed by atoms with Gasteiger partial charge in [-0.1, -0.05) is 45.0 Å². The molecule has 1 aliphatic heterocycles. The molecule has 0 saturated carbocycles. The lowest BCUT2D eigenvalue weighted by Crippen LogP contribution is -2.27. The Labute approximate surface area is 177 Å². The topological polar surface area (TPSA) is 63.4 Å². The van der Waals surface area contributed by atoms with Gasteiger partial charge in [0, 0.05) is 36.0 Å². The minimum absolute atomic E-state index is 0.0688.